The molecule has 2 fully saturated rings. The molecule has 2 amide bonds. The maximum absolute atomic E-state index is 13.3. The molecule has 5 rings (SSSR count). The van der Waals surface area contributed by atoms with Crippen LogP contribution in [0.1, 0.15) is 130 Å². The van der Waals surface area contributed by atoms with Crippen LogP contribution in [0.4, 0.5) is 0 Å². The number of aliphatic hydroxyl groups is 1. The van der Waals surface area contributed by atoms with Gasteiger partial charge in [-0.1, -0.05) is 85.4 Å². The Morgan fingerprint density at radius 1 is 0.487 bits per heavy atom. The largest absolute Gasteiger partial charge is 0.497 e. The Morgan fingerprint density at radius 2 is 0.776 bits per heavy atom. The fraction of sp³-hybridized carbons (Fsp3) is 0.552. The van der Waals surface area contributed by atoms with E-state index in [9.17, 15) is 38.4 Å². The number of ether oxygens (including phenoxy) is 5. The molecular weight excluding hydrogens is 981 g/mol. The van der Waals surface area contributed by atoms with E-state index in [4.69, 9.17) is 39.0 Å². The highest BCUT2D eigenvalue weighted by atomic mass is 16.5. The minimum Gasteiger partial charge on any atom is -0.497 e. The molecule has 2 saturated heterocycles. The summed E-state index contributed by atoms with van der Waals surface area (Å²) in [6, 6.07) is 19.2. The van der Waals surface area contributed by atoms with E-state index in [1.807, 2.05) is 67.6 Å². The van der Waals surface area contributed by atoms with Crippen molar-refractivity contribution in [3.05, 3.63) is 89.5 Å². The van der Waals surface area contributed by atoms with E-state index >= 15 is 0 Å². The molecule has 2 heterocycles. The summed E-state index contributed by atoms with van der Waals surface area (Å²) in [5.41, 5.74) is 1.76. The number of likely N-dealkylation sites (tertiary alicyclic amines) is 2. The zero-order valence-electron chi connectivity index (χ0n) is 45.1. The molecule has 0 radical (unpaired) electrons. The average molecular weight is 1060 g/mol. The topological polar surface area (TPSA) is 250 Å². The lowest BCUT2D eigenvalue weighted by molar-refractivity contribution is -0.179. The second-order valence-electron chi connectivity index (χ2n) is 19.7. The van der Waals surface area contributed by atoms with Gasteiger partial charge in [-0.25, -0.2) is 19.2 Å². The van der Waals surface area contributed by atoms with Crippen LogP contribution >= 0.6 is 0 Å². The molecule has 0 aromatic heterocycles. The van der Waals surface area contributed by atoms with Crippen LogP contribution in [0.3, 0.4) is 0 Å². The van der Waals surface area contributed by atoms with Gasteiger partial charge in [0.2, 0.25) is 11.6 Å². The summed E-state index contributed by atoms with van der Waals surface area (Å²) in [6.45, 7) is 10.7. The van der Waals surface area contributed by atoms with Crippen LogP contribution in [0.5, 0.6) is 17.2 Å². The summed E-state index contributed by atoms with van der Waals surface area (Å²) in [4.78, 5) is 99.7. The number of carboxylic acids is 2. The van der Waals surface area contributed by atoms with Gasteiger partial charge in [-0.2, -0.15) is 0 Å². The van der Waals surface area contributed by atoms with Crippen molar-refractivity contribution in [3.8, 4) is 17.2 Å². The first kappa shape index (κ1) is 65.3. The van der Waals surface area contributed by atoms with Crippen LogP contribution in [0.15, 0.2) is 72.8 Å². The van der Waals surface area contributed by atoms with Gasteiger partial charge in [-0.3, -0.25) is 19.2 Å². The predicted octanol–water partition coefficient (Wildman–Crippen LogP) is 7.89. The van der Waals surface area contributed by atoms with Gasteiger partial charge in [0.05, 0.1) is 34.5 Å². The first-order valence-electron chi connectivity index (χ1n) is 25.6. The summed E-state index contributed by atoms with van der Waals surface area (Å²) in [5.74, 6) is -4.59. The number of carbonyl (C=O) groups is 8. The number of carbonyl (C=O) groups excluding carboxylic acids is 6. The number of methoxy groups -OCH3 is 3. The Kier molecular flexibility index (Phi) is 27.4. The first-order valence-corrected chi connectivity index (χ1v) is 25.6. The Hall–Kier alpha value is -6.82. The molecule has 0 bridgehead atoms. The van der Waals surface area contributed by atoms with Gasteiger partial charge >= 0.3 is 23.9 Å². The summed E-state index contributed by atoms with van der Waals surface area (Å²) < 4.78 is 26.3. The number of carboxylic acid groups (broad SMARTS) is 2. The highest BCUT2D eigenvalue weighted by molar-refractivity contribution is 6.39. The van der Waals surface area contributed by atoms with Crippen LogP contribution < -0.4 is 14.2 Å². The van der Waals surface area contributed by atoms with E-state index in [2.05, 4.69) is 12.1 Å². The molecule has 0 unspecified atom stereocenters. The SMILES string of the molecule is C.CCC(C)(C)C(=O)C(=O)N1[C@H](C(=O)O)C[C@H]1C(=O)O.CCC(C)(C)C(=O)C(=O)N1[C@H](C(=O)OCCCCc2ccc(OC)cc2)C[C@H]1C(=O)OCCCCc1ccc(OC)cc1.COc1ccc(CCCCO)cc1. The Balaban J connectivity index is 0.000000489. The maximum atomic E-state index is 13.3. The van der Waals surface area contributed by atoms with Crippen LogP contribution in [0.2, 0.25) is 0 Å². The fourth-order valence-corrected chi connectivity index (χ4v) is 7.81. The lowest BCUT2D eigenvalue weighted by atomic mass is 9.82. The summed E-state index contributed by atoms with van der Waals surface area (Å²) in [7, 11) is 4.91. The number of unbranched alkanes of at least 4 members (excludes halogenated alkanes) is 3. The number of rotatable bonds is 27. The van der Waals surface area contributed by atoms with Gasteiger partial charge in [-0.15, -0.1) is 0 Å². The second-order valence-corrected chi connectivity index (χ2v) is 19.7. The lowest BCUT2D eigenvalue weighted by Crippen LogP contribution is -2.67. The molecule has 18 heteroatoms. The number of Topliss-reactive ketones (excluding diaryl/α,β-unsaturated/α-hetero) is 2. The first-order chi connectivity index (χ1) is 35.6. The zero-order chi connectivity index (χ0) is 55.9. The van der Waals surface area contributed by atoms with E-state index in [-0.39, 0.29) is 40.1 Å². The van der Waals surface area contributed by atoms with Crippen LogP contribution in [-0.4, -0.2) is 138 Å². The van der Waals surface area contributed by atoms with E-state index in [0.717, 1.165) is 78.2 Å². The monoisotopic (exact) mass is 1060 g/mol. The van der Waals surface area contributed by atoms with Crippen molar-refractivity contribution in [2.75, 3.05) is 41.2 Å². The molecule has 420 valence electrons. The number of benzene rings is 3. The average Bonchev–Trinajstić information content (AvgIpc) is 3.38. The molecule has 4 atom stereocenters. The quantitative estimate of drug-likeness (QED) is 0.0373. The van der Waals surface area contributed by atoms with Gasteiger partial charge in [0.15, 0.2) is 0 Å². The number of aliphatic hydroxyl groups excluding tert-OH is 1. The van der Waals surface area contributed by atoms with Crippen molar-refractivity contribution >= 4 is 47.3 Å². The number of hydrogen-bond acceptors (Lipinski definition) is 14. The molecule has 0 aliphatic carbocycles. The van der Waals surface area contributed by atoms with Gasteiger partial charge in [0.25, 0.3) is 11.8 Å². The lowest BCUT2D eigenvalue weighted by Gasteiger charge is -2.45. The summed E-state index contributed by atoms with van der Waals surface area (Å²) in [5, 5.41) is 26.4. The van der Waals surface area contributed by atoms with E-state index in [1.54, 1.807) is 55.9 Å². The molecular formula is C58H82N2O16. The van der Waals surface area contributed by atoms with Crippen molar-refractivity contribution in [2.24, 2.45) is 10.8 Å². The molecule has 18 nitrogen and oxygen atoms in total. The van der Waals surface area contributed by atoms with Crippen LogP contribution in [0, 0.1) is 10.8 Å². The molecule has 3 aromatic rings. The molecule has 76 heavy (non-hydrogen) atoms. The predicted molar refractivity (Wildman–Crippen MR) is 285 cm³/mol. The number of aliphatic carboxylic acids is 2. The normalized spacial score (nSPS) is 16.5. The van der Waals surface area contributed by atoms with E-state index in [0.29, 0.717) is 30.6 Å². The van der Waals surface area contributed by atoms with Gasteiger partial charge in [-0.05, 0) is 124 Å². The molecule has 0 saturated carbocycles. The highest BCUT2D eigenvalue weighted by Gasteiger charge is 2.54. The highest BCUT2D eigenvalue weighted by Crippen LogP contribution is 2.33. The van der Waals surface area contributed by atoms with Gasteiger partial charge < -0.3 is 48.8 Å². The number of ketones is 2. The van der Waals surface area contributed by atoms with Crippen molar-refractivity contribution < 1.29 is 77.4 Å². The molecule has 2 aliphatic heterocycles. The van der Waals surface area contributed by atoms with E-state index in [1.165, 1.54) is 5.56 Å². The molecule has 3 N–H and O–H groups in total. The standard InChI is InChI=1S/C34H45NO8.C12H17NO6.C11H16O2.CH4/c1-6-34(2,3)30(36)31(37)35-28(32(38)42-21-9-7-11-24-13-17-26(40-4)18-14-24)23-29(35)33(39)43-22-10-8-12-25-15-19-27(41-5)20-16-25;1-4-12(2,3)8(14)9(15)13-6(10(16)17)5-7(13)11(18)19;1-13-11-7-5-10(6-8-11)4-2-3-9-12;/h13-20,28-29H,6-12,21-23H2,1-5H3;6-7H,4-5H2,1-3H3,(H,16,17)(H,18,19);5-8,12H,2-4,9H2,1H3;1H4/t28-,29-;6-,7-;;/m00../s1. The second kappa shape index (κ2) is 31.9. The summed E-state index contributed by atoms with van der Waals surface area (Å²) >= 11 is 0. The third kappa shape index (κ3) is 19.1. The molecule has 2 aliphatic rings. The number of aryl methyl sites for hydroxylation is 3. The number of esters is 2. The van der Waals surface area contributed by atoms with Crippen molar-refractivity contribution in [2.45, 2.75) is 157 Å². The zero-order valence-corrected chi connectivity index (χ0v) is 45.1. The van der Waals surface area contributed by atoms with Crippen molar-refractivity contribution in [1.82, 2.24) is 9.80 Å². The number of hydrogen-bond donors (Lipinski definition) is 3. The Bertz CT molecular complexity index is 2250. The smallest absolute Gasteiger partial charge is 0.328 e. The van der Waals surface area contributed by atoms with Crippen molar-refractivity contribution in [1.29, 1.82) is 0 Å². The van der Waals surface area contributed by atoms with Gasteiger partial charge in [0.1, 0.15) is 41.4 Å². The molecule has 0 spiro atoms. The third-order valence-corrected chi connectivity index (χ3v) is 13.8. The van der Waals surface area contributed by atoms with Crippen LogP contribution in [-0.2, 0) is 67.1 Å². The number of amides is 2. The minimum absolute atomic E-state index is 0. The Labute approximate surface area is 448 Å². The van der Waals surface area contributed by atoms with Crippen molar-refractivity contribution in [3.63, 3.8) is 0 Å². The summed E-state index contributed by atoms with van der Waals surface area (Å²) in [6.07, 6.45) is 8.25. The van der Waals surface area contributed by atoms with E-state index < -0.39 is 82.3 Å². The minimum atomic E-state index is -1.30. The molecule has 3 aromatic carbocycles. The van der Waals surface area contributed by atoms with Gasteiger partial charge in [0, 0.05) is 30.3 Å². The maximum Gasteiger partial charge on any atom is 0.328 e. The third-order valence-electron chi connectivity index (χ3n) is 13.8. The number of nitrogens with zero attached hydrogens (tertiary/aromatic N) is 2. The Morgan fingerprint density at radius 3 is 1.05 bits per heavy atom. The fourth-order valence-electron chi connectivity index (χ4n) is 7.81. The van der Waals surface area contributed by atoms with Crippen LogP contribution in [0.25, 0.3) is 0 Å².